The van der Waals surface area contributed by atoms with Gasteiger partial charge in [0, 0.05) is 19.9 Å². The molecule has 1 saturated heterocycles. The molecule has 0 aromatic rings. The normalized spacial score (nSPS) is 20.5. The van der Waals surface area contributed by atoms with Gasteiger partial charge in [-0.2, -0.15) is 13.2 Å². The SMILES string of the molecule is CON(C)C(=O)CCC[C@@H](CC(F)(F)F)[C@@H]1COC(C)(C)N1C(=O)OC(C)(C)C. The summed E-state index contributed by atoms with van der Waals surface area (Å²) in [6.45, 7) is 8.29. The average molecular weight is 426 g/mol. The molecule has 1 fully saturated rings. The van der Waals surface area contributed by atoms with Crippen molar-refractivity contribution in [2.45, 2.75) is 83.8 Å². The van der Waals surface area contributed by atoms with Gasteiger partial charge in [0.25, 0.3) is 0 Å². The fourth-order valence-electron chi connectivity index (χ4n) is 3.35. The third kappa shape index (κ3) is 8.00. The zero-order chi connectivity index (χ0) is 22.6. The fraction of sp³-hybridized carbons (Fsp3) is 0.895. The number of carbonyl (C=O) groups excluding carboxylic acids is 2. The van der Waals surface area contributed by atoms with E-state index in [9.17, 15) is 22.8 Å². The molecule has 0 saturated carbocycles. The predicted octanol–water partition coefficient (Wildman–Crippen LogP) is 4.12. The lowest BCUT2D eigenvalue weighted by Crippen LogP contribution is -2.52. The van der Waals surface area contributed by atoms with Gasteiger partial charge in [-0.15, -0.1) is 0 Å². The molecule has 0 N–H and O–H groups in total. The highest BCUT2D eigenvalue weighted by atomic mass is 19.4. The maximum absolute atomic E-state index is 13.2. The van der Waals surface area contributed by atoms with E-state index in [2.05, 4.69) is 0 Å². The zero-order valence-electron chi connectivity index (χ0n) is 18.3. The van der Waals surface area contributed by atoms with E-state index in [0.717, 1.165) is 5.06 Å². The third-order valence-corrected chi connectivity index (χ3v) is 4.74. The second-order valence-electron chi connectivity index (χ2n) is 8.72. The standard InChI is InChI=1S/C19H33F3N2O5/c1-17(2,3)29-16(26)24-14(12-28-18(24,4)5)13(11-19(20,21)22)9-8-10-15(25)23(6)27-7/h13-14H,8-12H2,1-7H3/t13-,14-/m0/s1. The first-order valence-electron chi connectivity index (χ1n) is 9.61. The maximum atomic E-state index is 13.2. The summed E-state index contributed by atoms with van der Waals surface area (Å²) in [7, 11) is 2.77. The lowest BCUT2D eigenvalue weighted by Gasteiger charge is -2.38. The Morgan fingerprint density at radius 1 is 1.28 bits per heavy atom. The molecule has 0 radical (unpaired) electrons. The summed E-state index contributed by atoms with van der Waals surface area (Å²) in [5.74, 6) is -1.25. The molecule has 0 unspecified atom stereocenters. The number of halogens is 3. The quantitative estimate of drug-likeness (QED) is 0.573. The molecule has 0 aliphatic carbocycles. The minimum absolute atomic E-state index is 0.0289. The minimum atomic E-state index is -4.41. The second kappa shape index (κ2) is 9.51. The maximum Gasteiger partial charge on any atom is 0.412 e. The molecule has 1 heterocycles. The summed E-state index contributed by atoms with van der Waals surface area (Å²) in [5.41, 5.74) is -1.89. The molecule has 2 atom stereocenters. The number of alkyl halides is 3. The van der Waals surface area contributed by atoms with Crippen LogP contribution in [0.5, 0.6) is 0 Å². The average Bonchev–Trinajstić information content (AvgIpc) is 2.85. The van der Waals surface area contributed by atoms with E-state index in [4.69, 9.17) is 14.3 Å². The molecule has 29 heavy (non-hydrogen) atoms. The van der Waals surface area contributed by atoms with Crippen LogP contribution in [0.15, 0.2) is 0 Å². The van der Waals surface area contributed by atoms with Gasteiger partial charge in [0.1, 0.15) is 11.3 Å². The van der Waals surface area contributed by atoms with E-state index in [0.29, 0.717) is 0 Å². The molecule has 1 aliphatic rings. The number of rotatable bonds is 7. The van der Waals surface area contributed by atoms with Crippen LogP contribution in [0.1, 0.15) is 60.3 Å². The van der Waals surface area contributed by atoms with Crippen LogP contribution in [0.4, 0.5) is 18.0 Å². The smallest absolute Gasteiger partial charge is 0.412 e. The van der Waals surface area contributed by atoms with Crippen molar-refractivity contribution in [2.24, 2.45) is 5.92 Å². The summed E-state index contributed by atoms with van der Waals surface area (Å²) in [6, 6.07) is -0.809. The summed E-state index contributed by atoms with van der Waals surface area (Å²) in [4.78, 5) is 30.6. The van der Waals surface area contributed by atoms with Crippen molar-refractivity contribution in [3.8, 4) is 0 Å². The third-order valence-electron chi connectivity index (χ3n) is 4.74. The lowest BCUT2D eigenvalue weighted by atomic mass is 9.89. The van der Waals surface area contributed by atoms with Gasteiger partial charge in [-0.25, -0.2) is 9.86 Å². The number of hydroxylamine groups is 2. The highest BCUT2D eigenvalue weighted by Gasteiger charge is 2.50. The minimum Gasteiger partial charge on any atom is -0.444 e. The van der Waals surface area contributed by atoms with Gasteiger partial charge < -0.3 is 9.47 Å². The summed E-state index contributed by atoms with van der Waals surface area (Å²) in [6.07, 6.45) is -5.83. The molecule has 0 bridgehead atoms. The van der Waals surface area contributed by atoms with E-state index in [1.165, 1.54) is 19.1 Å². The van der Waals surface area contributed by atoms with Crippen LogP contribution in [-0.4, -0.2) is 66.3 Å². The van der Waals surface area contributed by atoms with Crippen LogP contribution < -0.4 is 0 Å². The monoisotopic (exact) mass is 426 g/mol. The molecular weight excluding hydrogens is 393 g/mol. The highest BCUT2D eigenvalue weighted by molar-refractivity contribution is 5.74. The van der Waals surface area contributed by atoms with Gasteiger partial charge in [-0.05, 0) is 53.4 Å². The Bertz CT molecular complexity index is 575. The van der Waals surface area contributed by atoms with Crippen LogP contribution in [0, 0.1) is 5.92 Å². The molecule has 1 rings (SSSR count). The molecule has 0 spiro atoms. The first kappa shape index (κ1) is 25.5. The van der Waals surface area contributed by atoms with Gasteiger partial charge in [0.05, 0.1) is 19.8 Å². The topological polar surface area (TPSA) is 68.3 Å². The van der Waals surface area contributed by atoms with Crippen molar-refractivity contribution in [3.05, 3.63) is 0 Å². The highest BCUT2D eigenvalue weighted by Crippen LogP contribution is 2.39. The zero-order valence-corrected chi connectivity index (χ0v) is 18.3. The van der Waals surface area contributed by atoms with Gasteiger partial charge >= 0.3 is 12.3 Å². The first-order chi connectivity index (χ1) is 13.1. The Morgan fingerprint density at radius 2 is 1.86 bits per heavy atom. The van der Waals surface area contributed by atoms with Crippen LogP contribution in [-0.2, 0) is 19.1 Å². The van der Waals surface area contributed by atoms with E-state index >= 15 is 0 Å². The van der Waals surface area contributed by atoms with Crippen molar-refractivity contribution in [1.82, 2.24) is 9.96 Å². The van der Waals surface area contributed by atoms with Crippen molar-refractivity contribution in [2.75, 3.05) is 20.8 Å². The van der Waals surface area contributed by atoms with Crippen LogP contribution in [0.25, 0.3) is 0 Å². The summed E-state index contributed by atoms with van der Waals surface area (Å²) < 4.78 is 50.8. The lowest BCUT2D eigenvalue weighted by molar-refractivity contribution is -0.169. The molecule has 0 aromatic carbocycles. The van der Waals surface area contributed by atoms with Gasteiger partial charge in [-0.1, -0.05) is 0 Å². The van der Waals surface area contributed by atoms with Crippen molar-refractivity contribution in [1.29, 1.82) is 0 Å². The number of nitrogens with zero attached hydrogens (tertiary/aromatic N) is 2. The molecule has 10 heteroatoms. The summed E-state index contributed by atoms with van der Waals surface area (Å²) in [5, 5.41) is 1.04. The number of hydrogen-bond acceptors (Lipinski definition) is 5. The van der Waals surface area contributed by atoms with Crippen molar-refractivity contribution >= 4 is 12.0 Å². The van der Waals surface area contributed by atoms with Crippen LogP contribution >= 0.6 is 0 Å². The number of hydrogen-bond donors (Lipinski definition) is 0. The largest absolute Gasteiger partial charge is 0.444 e. The Kier molecular flexibility index (Phi) is 8.36. The number of carbonyl (C=O) groups is 2. The predicted molar refractivity (Wildman–Crippen MR) is 99.7 cm³/mol. The molecule has 1 aliphatic heterocycles. The van der Waals surface area contributed by atoms with E-state index < -0.39 is 42.0 Å². The van der Waals surface area contributed by atoms with Crippen LogP contribution in [0.2, 0.25) is 0 Å². The van der Waals surface area contributed by atoms with E-state index in [1.54, 1.807) is 34.6 Å². The number of amides is 2. The molecule has 2 amide bonds. The first-order valence-corrected chi connectivity index (χ1v) is 9.61. The van der Waals surface area contributed by atoms with Crippen LogP contribution in [0.3, 0.4) is 0 Å². The second-order valence-corrected chi connectivity index (χ2v) is 8.72. The van der Waals surface area contributed by atoms with Gasteiger partial charge in [0.15, 0.2) is 0 Å². The number of ether oxygens (including phenoxy) is 2. The van der Waals surface area contributed by atoms with Crippen molar-refractivity contribution < 1.29 is 37.1 Å². The Morgan fingerprint density at radius 3 is 2.34 bits per heavy atom. The van der Waals surface area contributed by atoms with Gasteiger partial charge in [0.2, 0.25) is 5.91 Å². The molecule has 170 valence electrons. The Labute approximate surface area is 170 Å². The fourth-order valence-corrected chi connectivity index (χ4v) is 3.35. The van der Waals surface area contributed by atoms with E-state index in [1.807, 2.05) is 0 Å². The Hall–Kier alpha value is -1.55. The molecule has 7 nitrogen and oxygen atoms in total. The Balaban J connectivity index is 2.99. The molecular formula is C19H33F3N2O5. The van der Waals surface area contributed by atoms with E-state index in [-0.39, 0.29) is 31.8 Å². The summed E-state index contributed by atoms with van der Waals surface area (Å²) >= 11 is 0. The van der Waals surface area contributed by atoms with Crippen molar-refractivity contribution in [3.63, 3.8) is 0 Å². The molecule has 0 aromatic heterocycles. The van der Waals surface area contributed by atoms with Gasteiger partial charge in [-0.3, -0.25) is 14.5 Å².